The molecule has 0 aromatic heterocycles. The summed E-state index contributed by atoms with van der Waals surface area (Å²) in [5, 5.41) is 10.6. The van der Waals surface area contributed by atoms with Gasteiger partial charge in [0.1, 0.15) is 0 Å². The van der Waals surface area contributed by atoms with E-state index in [0.717, 1.165) is 23.8 Å². The molecule has 0 aliphatic heterocycles. The Kier molecular flexibility index (Phi) is 7.83. The van der Waals surface area contributed by atoms with Crippen molar-refractivity contribution in [1.82, 2.24) is 4.13 Å². The van der Waals surface area contributed by atoms with Crippen LogP contribution in [-0.4, -0.2) is 46.2 Å². The Morgan fingerprint density at radius 2 is 1.55 bits per heavy atom. The highest BCUT2D eigenvalue weighted by Gasteiger charge is 2.55. The predicted molar refractivity (Wildman–Crippen MR) is 113 cm³/mol. The molecule has 1 amide bonds. The molecule has 2 aromatic rings. The summed E-state index contributed by atoms with van der Waals surface area (Å²) < 4.78 is 89.8. The molecule has 0 bridgehead atoms. The standard InChI is InChI=1S/C18H19ClF3N3O6S2/c1-17(27,18(20,21)22)16(26)24-15-7-6-13(10-14(15)19)33(30,31)25-32(28,29)12-4-2-11(3-5-12)8-9-23/h2-7,10,25,27H,8-9,23H2,1H3,(H,24,26)/t17-/m1/s1. The second kappa shape index (κ2) is 9.56. The summed E-state index contributed by atoms with van der Waals surface area (Å²) in [5.41, 5.74) is 1.98. The third kappa shape index (κ3) is 6.22. The topological polar surface area (TPSA) is 156 Å². The maximum atomic E-state index is 12.8. The van der Waals surface area contributed by atoms with Crippen molar-refractivity contribution in [2.24, 2.45) is 5.73 Å². The van der Waals surface area contributed by atoms with E-state index in [-0.39, 0.29) is 11.8 Å². The van der Waals surface area contributed by atoms with E-state index in [2.05, 4.69) is 0 Å². The van der Waals surface area contributed by atoms with Gasteiger partial charge < -0.3 is 16.2 Å². The smallest absolute Gasteiger partial charge is 0.373 e. The van der Waals surface area contributed by atoms with Crippen molar-refractivity contribution in [2.75, 3.05) is 11.9 Å². The first-order valence-electron chi connectivity index (χ1n) is 8.99. The van der Waals surface area contributed by atoms with Crippen LogP contribution in [0.4, 0.5) is 18.9 Å². The van der Waals surface area contributed by atoms with E-state index >= 15 is 0 Å². The van der Waals surface area contributed by atoms with Gasteiger partial charge >= 0.3 is 6.18 Å². The summed E-state index contributed by atoms with van der Waals surface area (Å²) in [6.45, 7) is 0.566. The Balaban J connectivity index is 2.26. The van der Waals surface area contributed by atoms with Crippen LogP contribution in [0.15, 0.2) is 52.3 Å². The number of alkyl halides is 3. The third-order valence-electron chi connectivity index (χ3n) is 4.38. The van der Waals surface area contributed by atoms with E-state index in [1.54, 1.807) is 5.32 Å². The largest absolute Gasteiger partial charge is 0.426 e. The van der Waals surface area contributed by atoms with E-state index < -0.39 is 53.3 Å². The number of hydrogen-bond acceptors (Lipinski definition) is 7. The maximum Gasteiger partial charge on any atom is 0.426 e. The van der Waals surface area contributed by atoms with Crippen molar-refractivity contribution in [1.29, 1.82) is 0 Å². The number of hydrogen-bond donors (Lipinski definition) is 4. The van der Waals surface area contributed by atoms with Crippen molar-refractivity contribution in [3.05, 3.63) is 53.1 Å². The molecule has 0 spiro atoms. The van der Waals surface area contributed by atoms with Crippen molar-refractivity contribution in [3.63, 3.8) is 0 Å². The minimum atomic E-state index is -5.28. The summed E-state index contributed by atoms with van der Waals surface area (Å²) in [7, 11) is -9.21. The summed E-state index contributed by atoms with van der Waals surface area (Å²) >= 11 is 5.85. The molecule has 33 heavy (non-hydrogen) atoms. The molecule has 0 unspecified atom stereocenters. The zero-order chi connectivity index (χ0) is 25.2. The minimum absolute atomic E-state index is 0.229. The molecule has 0 aliphatic rings. The molecule has 0 aliphatic carbocycles. The zero-order valence-corrected chi connectivity index (χ0v) is 19.2. The van der Waals surface area contributed by atoms with Crippen LogP contribution in [0.3, 0.4) is 0 Å². The first-order chi connectivity index (χ1) is 15.0. The Hall–Kier alpha value is -2.23. The Morgan fingerprint density at radius 3 is 2.03 bits per heavy atom. The fourth-order valence-corrected chi connectivity index (χ4v) is 5.61. The summed E-state index contributed by atoms with van der Waals surface area (Å²) in [6.07, 6.45) is -4.79. The number of rotatable bonds is 8. The van der Waals surface area contributed by atoms with Gasteiger partial charge in [-0.2, -0.15) is 13.2 Å². The number of nitrogens with two attached hydrogens (primary N) is 1. The van der Waals surface area contributed by atoms with Crippen molar-refractivity contribution >= 4 is 43.2 Å². The van der Waals surface area contributed by atoms with Gasteiger partial charge in [0.25, 0.3) is 26.0 Å². The maximum absolute atomic E-state index is 12.8. The van der Waals surface area contributed by atoms with Crippen LogP contribution in [0.2, 0.25) is 5.02 Å². The van der Waals surface area contributed by atoms with Crippen LogP contribution < -0.4 is 15.2 Å². The molecule has 9 nitrogen and oxygen atoms in total. The monoisotopic (exact) mass is 529 g/mol. The molecule has 1 atom stereocenters. The summed E-state index contributed by atoms with van der Waals surface area (Å²) in [6, 6.07) is 7.71. The molecule has 2 rings (SSSR count). The molecule has 0 saturated heterocycles. The number of halogens is 4. The number of benzene rings is 2. The van der Waals surface area contributed by atoms with Gasteiger partial charge in [0.05, 0.1) is 20.5 Å². The molecule has 0 heterocycles. The first-order valence-corrected chi connectivity index (χ1v) is 12.3. The first kappa shape index (κ1) is 27.0. The molecular weight excluding hydrogens is 511 g/mol. The molecule has 5 N–H and O–H groups in total. The van der Waals surface area contributed by atoms with E-state index in [9.17, 15) is 39.9 Å². The average Bonchev–Trinajstić information content (AvgIpc) is 2.68. The van der Waals surface area contributed by atoms with Crippen LogP contribution in [0.1, 0.15) is 12.5 Å². The van der Waals surface area contributed by atoms with Gasteiger partial charge in [-0.1, -0.05) is 23.7 Å². The van der Waals surface area contributed by atoms with Gasteiger partial charge in [-0.15, -0.1) is 4.13 Å². The summed E-state index contributed by atoms with van der Waals surface area (Å²) in [4.78, 5) is 10.8. The lowest BCUT2D eigenvalue weighted by Gasteiger charge is -2.25. The minimum Gasteiger partial charge on any atom is -0.373 e. The molecule has 15 heteroatoms. The molecule has 0 saturated carbocycles. The highest BCUT2D eigenvalue weighted by molar-refractivity contribution is 8.04. The Bertz CT molecular complexity index is 1250. The lowest BCUT2D eigenvalue weighted by Crippen LogP contribution is -2.52. The number of carbonyl (C=O) groups excluding carboxylic acids is 1. The van der Waals surface area contributed by atoms with E-state index in [4.69, 9.17) is 17.3 Å². The second-order valence-corrected chi connectivity index (χ2v) is 11.0. The highest BCUT2D eigenvalue weighted by Crippen LogP contribution is 2.32. The molecule has 0 radical (unpaired) electrons. The Labute approximate surface area is 192 Å². The van der Waals surface area contributed by atoms with E-state index in [0.29, 0.717) is 13.0 Å². The van der Waals surface area contributed by atoms with Crippen molar-refractivity contribution < 1.29 is 39.9 Å². The highest BCUT2D eigenvalue weighted by atomic mass is 35.5. The number of carbonyl (C=O) groups is 1. The fourth-order valence-electron chi connectivity index (χ4n) is 2.38. The molecule has 182 valence electrons. The van der Waals surface area contributed by atoms with Crippen molar-refractivity contribution in [2.45, 2.75) is 34.9 Å². The second-order valence-electron chi connectivity index (χ2n) is 6.94. The Morgan fingerprint density at radius 1 is 1.03 bits per heavy atom. The van der Waals surface area contributed by atoms with Gasteiger partial charge in [0, 0.05) is 0 Å². The number of anilines is 1. The van der Waals surface area contributed by atoms with E-state index in [1.807, 2.05) is 0 Å². The van der Waals surface area contributed by atoms with Gasteiger partial charge in [0.2, 0.25) is 5.60 Å². The van der Waals surface area contributed by atoms with Crippen LogP contribution in [0.5, 0.6) is 0 Å². The van der Waals surface area contributed by atoms with Crippen LogP contribution in [-0.2, 0) is 31.3 Å². The number of amides is 1. The van der Waals surface area contributed by atoms with Crippen LogP contribution >= 0.6 is 11.6 Å². The molecule has 0 fully saturated rings. The van der Waals surface area contributed by atoms with Crippen LogP contribution in [0, 0.1) is 0 Å². The fraction of sp³-hybridized carbons (Fsp3) is 0.278. The van der Waals surface area contributed by atoms with Gasteiger partial charge in [0.15, 0.2) is 0 Å². The lowest BCUT2D eigenvalue weighted by atomic mass is 10.1. The van der Waals surface area contributed by atoms with Gasteiger partial charge in [-0.05, 0) is 55.8 Å². The molecular formula is C18H19ClF3N3O6S2. The quantitative estimate of drug-likeness (QED) is 0.406. The predicted octanol–water partition coefficient (Wildman–Crippen LogP) is 1.76. The normalized spacial score (nSPS) is 14.5. The average molecular weight is 530 g/mol. The number of aliphatic hydroxyl groups is 1. The number of sulfonamides is 2. The SMILES string of the molecule is C[C@@](O)(C(=O)Nc1ccc(S(=O)(=O)NS(=O)(=O)c2ccc(CCN)cc2)cc1Cl)C(F)(F)F. The van der Waals surface area contributed by atoms with Gasteiger partial charge in [-0.3, -0.25) is 4.79 Å². The summed E-state index contributed by atoms with van der Waals surface area (Å²) in [5.74, 6) is -1.86. The lowest BCUT2D eigenvalue weighted by molar-refractivity contribution is -0.242. The van der Waals surface area contributed by atoms with Crippen LogP contribution in [0.25, 0.3) is 0 Å². The third-order valence-corrected chi connectivity index (χ3v) is 8.21. The molecule has 2 aromatic carbocycles. The van der Waals surface area contributed by atoms with Gasteiger partial charge in [-0.25, -0.2) is 16.8 Å². The van der Waals surface area contributed by atoms with Crippen molar-refractivity contribution in [3.8, 4) is 0 Å². The number of nitrogens with one attached hydrogen (secondary N) is 2. The zero-order valence-electron chi connectivity index (χ0n) is 16.8. The van der Waals surface area contributed by atoms with E-state index in [1.165, 1.54) is 28.4 Å².